The summed E-state index contributed by atoms with van der Waals surface area (Å²) in [7, 11) is -3.58. The second-order valence-corrected chi connectivity index (χ2v) is 6.42. The summed E-state index contributed by atoms with van der Waals surface area (Å²) in [5, 5.41) is 0. The molecule has 1 N–H and O–H groups in total. The van der Waals surface area contributed by atoms with E-state index in [2.05, 4.69) is 4.72 Å². The predicted octanol–water partition coefficient (Wildman–Crippen LogP) is 3.58. The smallest absolute Gasteiger partial charge is 0.261 e. The minimum Gasteiger partial charge on any atom is -0.494 e. The van der Waals surface area contributed by atoms with Crippen LogP contribution in [0.4, 0.5) is 5.69 Å². The van der Waals surface area contributed by atoms with E-state index in [1.165, 1.54) is 0 Å². The molecule has 0 unspecified atom stereocenters. The number of ether oxygens (including phenoxy) is 1. The zero-order chi connectivity index (χ0) is 15.3. The predicted molar refractivity (Wildman–Crippen MR) is 84.2 cm³/mol. The Morgan fingerprint density at radius 1 is 1.05 bits per heavy atom. The highest BCUT2D eigenvalue weighted by atomic mass is 32.2. The highest BCUT2D eigenvalue weighted by Crippen LogP contribution is 2.21. The normalized spacial score (nSPS) is 11.1. The molecular weight excluding hydrogens is 286 g/mol. The van der Waals surface area contributed by atoms with E-state index >= 15 is 0 Å². The van der Waals surface area contributed by atoms with Gasteiger partial charge in [-0.05, 0) is 49.2 Å². The van der Waals surface area contributed by atoms with Crippen molar-refractivity contribution >= 4 is 15.7 Å². The fraction of sp³-hybridized carbons (Fsp3) is 0.250. The first kappa shape index (κ1) is 15.4. The molecule has 112 valence electrons. The van der Waals surface area contributed by atoms with Gasteiger partial charge in [-0.25, -0.2) is 8.42 Å². The zero-order valence-electron chi connectivity index (χ0n) is 12.2. The lowest BCUT2D eigenvalue weighted by Crippen LogP contribution is -2.13. The summed E-state index contributed by atoms with van der Waals surface area (Å²) in [5.74, 6) is 0.673. The molecule has 0 aliphatic carbocycles. The van der Waals surface area contributed by atoms with E-state index in [9.17, 15) is 8.42 Å². The van der Waals surface area contributed by atoms with Crippen molar-refractivity contribution in [2.24, 2.45) is 0 Å². The van der Waals surface area contributed by atoms with Gasteiger partial charge in [0.2, 0.25) is 0 Å². The maximum absolute atomic E-state index is 12.3. The van der Waals surface area contributed by atoms with Crippen LogP contribution in [-0.2, 0) is 10.0 Å². The van der Waals surface area contributed by atoms with Gasteiger partial charge in [-0.2, -0.15) is 0 Å². The first-order valence-electron chi connectivity index (χ1n) is 6.84. The van der Waals surface area contributed by atoms with E-state index < -0.39 is 10.0 Å². The molecule has 5 heteroatoms. The van der Waals surface area contributed by atoms with Crippen LogP contribution in [0.15, 0.2) is 53.4 Å². The number of para-hydroxylation sites is 1. The van der Waals surface area contributed by atoms with Gasteiger partial charge in [-0.1, -0.05) is 25.1 Å². The molecule has 0 bridgehead atoms. The molecule has 0 saturated carbocycles. The van der Waals surface area contributed by atoms with Gasteiger partial charge in [-0.15, -0.1) is 0 Å². The first-order chi connectivity index (χ1) is 10.0. The lowest BCUT2D eigenvalue weighted by Gasteiger charge is -2.11. The summed E-state index contributed by atoms with van der Waals surface area (Å²) < 4.78 is 32.7. The highest BCUT2D eigenvalue weighted by molar-refractivity contribution is 7.92. The minimum absolute atomic E-state index is 0.217. The van der Waals surface area contributed by atoms with Gasteiger partial charge in [0.05, 0.1) is 17.2 Å². The third-order valence-electron chi connectivity index (χ3n) is 3.00. The standard InChI is InChI=1S/C16H19NO3S/c1-3-12-20-14-8-10-15(11-9-14)21(18,19)17-16-7-5-4-6-13(16)2/h4-11,17H,3,12H2,1-2H3. The Morgan fingerprint density at radius 2 is 1.71 bits per heavy atom. The molecule has 0 fully saturated rings. The van der Waals surface area contributed by atoms with Crippen LogP contribution in [0.2, 0.25) is 0 Å². The molecule has 0 heterocycles. The highest BCUT2D eigenvalue weighted by Gasteiger charge is 2.14. The second-order valence-electron chi connectivity index (χ2n) is 4.74. The zero-order valence-corrected chi connectivity index (χ0v) is 13.0. The van der Waals surface area contributed by atoms with Crippen LogP contribution in [-0.4, -0.2) is 15.0 Å². The van der Waals surface area contributed by atoms with Crippen molar-refractivity contribution in [1.82, 2.24) is 0 Å². The molecule has 2 rings (SSSR count). The third kappa shape index (κ3) is 3.98. The molecule has 0 spiro atoms. The van der Waals surface area contributed by atoms with Gasteiger partial charge in [0, 0.05) is 0 Å². The van der Waals surface area contributed by atoms with E-state index in [1.54, 1.807) is 36.4 Å². The number of nitrogens with one attached hydrogen (secondary N) is 1. The van der Waals surface area contributed by atoms with E-state index in [0.717, 1.165) is 12.0 Å². The van der Waals surface area contributed by atoms with Gasteiger partial charge in [0.1, 0.15) is 5.75 Å². The van der Waals surface area contributed by atoms with Gasteiger partial charge in [0.15, 0.2) is 0 Å². The monoisotopic (exact) mass is 305 g/mol. The molecule has 0 radical (unpaired) electrons. The summed E-state index contributed by atoms with van der Waals surface area (Å²) in [6.45, 7) is 4.50. The number of hydrogen-bond donors (Lipinski definition) is 1. The van der Waals surface area contributed by atoms with Crippen LogP contribution in [0.1, 0.15) is 18.9 Å². The molecule has 21 heavy (non-hydrogen) atoms. The third-order valence-corrected chi connectivity index (χ3v) is 4.38. The first-order valence-corrected chi connectivity index (χ1v) is 8.32. The number of benzene rings is 2. The Bertz CT molecular complexity index is 694. The average Bonchev–Trinajstić information content (AvgIpc) is 2.48. The number of sulfonamides is 1. The van der Waals surface area contributed by atoms with Crippen LogP contribution in [0.25, 0.3) is 0 Å². The molecule has 0 aliphatic rings. The van der Waals surface area contributed by atoms with Gasteiger partial charge >= 0.3 is 0 Å². The largest absolute Gasteiger partial charge is 0.494 e. The van der Waals surface area contributed by atoms with Crippen molar-refractivity contribution in [1.29, 1.82) is 0 Å². The number of hydrogen-bond acceptors (Lipinski definition) is 3. The maximum Gasteiger partial charge on any atom is 0.261 e. The van der Waals surface area contributed by atoms with Gasteiger partial charge in [0.25, 0.3) is 10.0 Å². The number of aryl methyl sites for hydroxylation is 1. The number of anilines is 1. The van der Waals surface area contributed by atoms with Crippen molar-refractivity contribution in [3.05, 3.63) is 54.1 Å². The van der Waals surface area contributed by atoms with Crippen LogP contribution in [0.5, 0.6) is 5.75 Å². The summed E-state index contributed by atoms with van der Waals surface area (Å²) in [6.07, 6.45) is 0.912. The van der Waals surface area contributed by atoms with Crippen LogP contribution in [0.3, 0.4) is 0 Å². The van der Waals surface area contributed by atoms with Crippen molar-refractivity contribution in [2.75, 3.05) is 11.3 Å². The SMILES string of the molecule is CCCOc1ccc(S(=O)(=O)Nc2ccccc2C)cc1. The molecule has 0 saturated heterocycles. The van der Waals surface area contributed by atoms with Crippen LogP contribution < -0.4 is 9.46 Å². The summed E-state index contributed by atoms with van der Waals surface area (Å²) in [5.41, 5.74) is 1.47. The fourth-order valence-corrected chi connectivity index (χ4v) is 2.96. The quantitative estimate of drug-likeness (QED) is 0.887. The fourth-order valence-electron chi connectivity index (χ4n) is 1.83. The Hall–Kier alpha value is -2.01. The second kappa shape index (κ2) is 6.63. The summed E-state index contributed by atoms with van der Waals surface area (Å²) >= 11 is 0. The summed E-state index contributed by atoms with van der Waals surface area (Å²) in [6, 6.07) is 13.7. The topological polar surface area (TPSA) is 55.4 Å². The van der Waals surface area contributed by atoms with E-state index in [4.69, 9.17) is 4.74 Å². The Labute approximate surface area is 125 Å². The molecule has 0 atom stereocenters. The van der Waals surface area contributed by atoms with Crippen LogP contribution in [0, 0.1) is 6.92 Å². The van der Waals surface area contributed by atoms with Crippen molar-refractivity contribution in [3.8, 4) is 5.75 Å². The average molecular weight is 305 g/mol. The number of rotatable bonds is 6. The molecular formula is C16H19NO3S. The van der Waals surface area contributed by atoms with Crippen molar-refractivity contribution in [2.45, 2.75) is 25.2 Å². The molecule has 0 aromatic heterocycles. The lowest BCUT2D eigenvalue weighted by molar-refractivity contribution is 0.317. The van der Waals surface area contributed by atoms with E-state index in [0.29, 0.717) is 18.0 Å². The summed E-state index contributed by atoms with van der Waals surface area (Å²) in [4.78, 5) is 0.217. The Balaban J connectivity index is 2.18. The van der Waals surface area contributed by atoms with Crippen molar-refractivity contribution in [3.63, 3.8) is 0 Å². The van der Waals surface area contributed by atoms with Gasteiger partial charge < -0.3 is 4.74 Å². The Morgan fingerprint density at radius 3 is 2.33 bits per heavy atom. The lowest BCUT2D eigenvalue weighted by atomic mass is 10.2. The van der Waals surface area contributed by atoms with E-state index in [-0.39, 0.29) is 4.90 Å². The molecule has 4 nitrogen and oxygen atoms in total. The molecule has 2 aromatic carbocycles. The minimum atomic E-state index is -3.58. The van der Waals surface area contributed by atoms with Crippen molar-refractivity contribution < 1.29 is 13.2 Å². The maximum atomic E-state index is 12.3. The van der Waals surface area contributed by atoms with Gasteiger partial charge in [-0.3, -0.25) is 4.72 Å². The Kier molecular flexibility index (Phi) is 4.85. The van der Waals surface area contributed by atoms with Crippen LogP contribution >= 0.6 is 0 Å². The molecule has 0 amide bonds. The molecule has 2 aromatic rings. The molecule has 0 aliphatic heterocycles. The van der Waals surface area contributed by atoms with E-state index in [1.807, 2.05) is 26.0 Å².